The second kappa shape index (κ2) is 6.76. The zero-order valence-corrected chi connectivity index (χ0v) is 17.3. The molecule has 160 valence electrons. The largest absolute Gasteiger partial charge is 0.479 e. The molecule has 12 heteroatoms. The third-order valence-electron chi connectivity index (χ3n) is 5.58. The van der Waals surface area contributed by atoms with Crippen LogP contribution in [0.5, 0.6) is 5.88 Å². The van der Waals surface area contributed by atoms with E-state index in [1.807, 2.05) is 0 Å². The Balaban J connectivity index is 1.86. The van der Waals surface area contributed by atoms with Gasteiger partial charge in [-0.05, 0) is 24.6 Å². The van der Waals surface area contributed by atoms with Gasteiger partial charge < -0.3 is 15.0 Å². The predicted molar refractivity (Wildman–Crippen MR) is 105 cm³/mol. The predicted octanol–water partition coefficient (Wildman–Crippen LogP) is 0.955. The monoisotopic (exact) mass is 438 g/mol. The molecule has 1 unspecified atom stereocenters. The standard InChI is InChI=1S/C18H20F2N6O3S/c1-10-14(20)15(29-3)23-17(22-10)26-8-13-18(9-26,11-4-6-12(19)7-5-11)24-16(21)25(2)30(13,27)28/h4-7,13H,8-9H2,1-3H3,(H2,21,24)/t13?,18-/m1/s1. The number of sulfonamides is 1. The fourth-order valence-corrected chi connectivity index (χ4v) is 5.77. The lowest BCUT2D eigenvalue weighted by Gasteiger charge is -2.43. The Morgan fingerprint density at radius 1 is 1.27 bits per heavy atom. The maximum Gasteiger partial charge on any atom is 0.255 e. The molecule has 2 N–H and O–H groups in total. The van der Waals surface area contributed by atoms with Gasteiger partial charge in [0.25, 0.3) is 5.88 Å². The van der Waals surface area contributed by atoms with E-state index in [9.17, 15) is 17.2 Å². The molecule has 0 saturated carbocycles. The van der Waals surface area contributed by atoms with Crippen LogP contribution in [-0.4, -0.2) is 61.1 Å². The number of guanidine groups is 1. The van der Waals surface area contributed by atoms with Crippen molar-refractivity contribution in [1.29, 1.82) is 5.41 Å². The number of methoxy groups -OCH3 is 1. The average Bonchev–Trinajstić information content (AvgIpc) is 3.10. The molecule has 2 aliphatic heterocycles. The molecule has 2 fully saturated rings. The Morgan fingerprint density at radius 3 is 2.57 bits per heavy atom. The molecular formula is C18H20F2N6O3S. The molecule has 9 nitrogen and oxygen atoms in total. The zero-order chi connectivity index (χ0) is 21.8. The maximum atomic E-state index is 14.1. The number of hydrogen-bond donors (Lipinski definition) is 2. The van der Waals surface area contributed by atoms with Crippen LogP contribution in [0.25, 0.3) is 0 Å². The van der Waals surface area contributed by atoms with E-state index in [1.54, 1.807) is 4.90 Å². The van der Waals surface area contributed by atoms with E-state index >= 15 is 0 Å². The van der Waals surface area contributed by atoms with Crippen LogP contribution < -0.4 is 15.0 Å². The van der Waals surface area contributed by atoms with Crippen LogP contribution in [-0.2, 0) is 15.6 Å². The van der Waals surface area contributed by atoms with E-state index in [0.29, 0.717) is 5.56 Å². The van der Waals surface area contributed by atoms with Gasteiger partial charge in [-0.25, -0.2) is 22.1 Å². The first-order valence-corrected chi connectivity index (χ1v) is 10.5. The second-order valence-electron chi connectivity index (χ2n) is 7.27. The van der Waals surface area contributed by atoms with Gasteiger partial charge in [0.05, 0.1) is 12.8 Å². The summed E-state index contributed by atoms with van der Waals surface area (Å²) in [6.07, 6.45) is 0. The smallest absolute Gasteiger partial charge is 0.255 e. The molecule has 3 heterocycles. The highest BCUT2D eigenvalue weighted by Crippen LogP contribution is 2.41. The van der Waals surface area contributed by atoms with E-state index in [-0.39, 0.29) is 36.6 Å². The number of ether oxygens (including phenoxy) is 1. The van der Waals surface area contributed by atoms with Gasteiger partial charge in [0.2, 0.25) is 27.7 Å². The minimum absolute atomic E-state index is 0.0153. The van der Waals surface area contributed by atoms with Gasteiger partial charge in [-0.3, -0.25) is 5.41 Å². The van der Waals surface area contributed by atoms with Gasteiger partial charge in [-0.2, -0.15) is 9.37 Å². The number of halogens is 2. The molecule has 0 aliphatic carbocycles. The Hall–Kier alpha value is -3.02. The lowest BCUT2D eigenvalue weighted by atomic mass is 9.88. The second-order valence-corrected chi connectivity index (χ2v) is 9.41. The van der Waals surface area contributed by atoms with Gasteiger partial charge in [0.15, 0.2) is 0 Å². The molecule has 2 saturated heterocycles. The molecule has 0 bridgehead atoms. The normalized spacial score (nSPS) is 25.1. The molecule has 2 aliphatic rings. The van der Waals surface area contributed by atoms with Crippen LogP contribution in [0.3, 0.4) is 0 Å². The highest BCUT2D eigenvalue weighted by atomic mass is 32.2. The van der Waals surface area contributed by atoms with Crippen molar-refractivity contribution >= 4 is 21.9 Å². The van der Waals surface area contributed by atoms with Crippen molar-refractivity contribution in [2.75, 3.05) is 32.1 Å². The number of fused-ring (bicyclic) bond motifs is 1. The number of benzene rings is 1. The molecular weight excluding hydrogens is 418 g/mol. The van der Waals surface area contributed by atoms with Gasteiger partial charge in [-0.15, -0.1) is 0 Å². The molecule has 4 rings (SSSR count). The molecule has 1 aromatic heterocycles. The Bertz CT molecular complexity index is 1130. The van der Waals surface area contributed by atoms with Crippen molar-refractivity contribution in [2.45, 2.75) is 17.7 Å². The fourth-order valence-electron chi connectivity index (χ4n) is 3.94. The van der Waals surface area contributed by atoms with Gasteiger partial charge in [0.1, 0.15) is 16.6 Å². The fraction of sp³-hybridized carbons (Fsp3) is 0.389. The van der Waals surface area contributed by atoms with Crippen LogP contribution in [0.15, 0.2) is 24.3 Å². The number of nitrogens with one attached hydrogen (secondary N) is 2. The van der Waals surface area contributed by atoms with Crippen molar-refractivity contribution < 1.29 is 21.9 Å². The van der Waals surface area contributed by atoms with Crippen molar-refractivity contribution in [3.63, 3.8) is 0 Å². The summed E-state index contributed by atoms with van der Waals surface area (Å²) >= 11 is 0. The lowest BCUT2D eigenvalue weighted by Crippen LogP contribution is -2.66. The average molecular weight is 438 g/mol. The van der Waals surface area contributed by atoms with Crippen LogP contribution >= 0.6 is 0 Å². The Morgan fingerprint density at radius 2 is 1.93 bits per heavy atom. The number of aromatic nitrogens is 2. The molecule has 1 aromatic carbocycles. The number of hydrogen-bond acceptors (Lipinski definition) is 7. The number of anilines is 1. The summed E-state index contributed by atoms with van der Waals surface area (Å²) in [7, 11) is -1.36. The highest BCUT2D eigenvalue weighted by Gasteiger charge is 2.60. The lowest BCUT2D eigenvalue weighted by molar-refractivity contribution is 0.364. The van der Waals surface area contributed by atoms with Crippen molar-refractivity contribution in [1.82, 2.24) is 19.6 Å². The highest BCUT2D eigenvalue weighted by molar-refractivity contribution is 7.90. The van der Waals surface area contributed by atoms with Crippen LogP contribution in [0.4, 0.5) is 14.7 Å². The first-order valence-electron chi connectivity index (χ1n) is 9.04. The summed E-state index contributed by atoms with van der Waals surface area (Å²) in [5, 5.41) is 10.1. The Labute approximate surface area is 172 Å². The van der Waals surface area contributed by atoms with Gasteiger partial charge in [-0.1, -0.05) is 12.1 Å². The minimum atomic E-state index is -3.93. The summed E-state index contributed by atoms with van der Waals surface area (Å²) in [4.78, 5) is 9.84. The maximum absolute atomic E-state index is 14.1. The minimum Gasteiger partial charge on any atom is -0.479 e. The van der Waals surface area contributed by atoms with Gasteiger partial charge >= 0.3 is 0 Å². The molecule has 2 atom stereocenters. The number of rotatable bonds is 3. The molecule has 0 radical (unpaired) electrons. The summed E-state index contributed by atoms with van der Waals surface area (Å²) < 4.78 is 59.9. The first-order chi connectivity index (χ1) is 14.1. The summed E-state index contributed by atoms with van der Waals surface area (Å²) in [5.41, 5.74) is -0.679. The van der Waals surface area contributed by atoms with Crippen molar-refractivity contribution in [3.8, 4) is 5.88 Å². The Kier molecular flexibility index (Phi) is 4.56. The van der Waals surface area contributed by atoms with Crippen LogP contribution in [0, 0.1) is 24.0 Å². The van der Waals surface area contributed by atoms with Crippen molar-refractivity contribution in [3.05, 3.63) is 47.2 Å². The van der Waals surface area contributed by atoms with E-state index in [2.05, 4.69) is 15.3 Å². The summed E-state index contributed by atoms with van der Waals surface area (Å²) in [5.74, 6) is -1.60. The molecule has 0 spiro atoms. The SMILES string of the molecule is COc1nc(N2CC3[C@](c4ccc(F)cc4)(C2)NC(=N)N(C)S3(=O)=O)nc(C)c1F. The van der Waals surface area contributed by atoms with E-state index in [4.69, 9.17) is 10.1 Å². The molecule has 2 aromatic rings. The first kappa shape index (κ1) is 20.3. The van der Waals surface area contributed by atoms with Gasteiger partial charge in [0, 0.05) is 20.1 Å². The molecule has 0 amide bonds. The van der Waals surface area contributed by atoms with Crippen molar-refractivity contribution in [2.24, 2.45) is 0 Å². The quantitative estimate of drug-likeness (QED) is 0.734. The van der Waals surface area contributed by atoms with E-state index in [0.717, 1.165) is 4.31 Å². The summed E-state index contributed by atoms with van der Waals surface area (Å²) in [6, 6.07) is 5.46. The summed E-state index contributed by atoms with van der Waals surface area (Å²) in [6.45, 7) is 1.51. The van der Waals surface area contributed by atoms with Crippen LogP contribution in [0.1, 0.15) is 11.3 Å². The topological polar surface area (TPSA) is 112 Å². The van der Waals surface area contributed by atoms with E-state index < -0.39 is 32.4 Å². The third-order valence-corrected chi connectivity index (χ3v) is 7.80. The third kappa shape index (κ3) is 2.85. The number of aryl methyl sites for hydroxylation is 1. The van der Waals surface area contributed by atoms with E-state index in [1.165, 1.54) is 45.3 Å². The number of nitrogens with zero attached hydrogens (tertiary/aromatic N) is 4. The van der Waals surface area contributed by atoms with Crippen LogP contribution in [0.2, 0.25) is 0 Å². The zero-order valence-electron chi connectivity index (χ0n) is 16.5. The molecule has 30 heavy (non-hydrogen) atoms.